The van der Waals surface area contributed by atoms with Crippen molar-refractivity contribution in [3.05, 3.63) is 0 Å². The van der Waals surface area contributed by atoms with E-state index in [9.17, 15) is 9.59 Å². The Balaban J connectivity index is 2.36. The molecule has 0 bridgehead atoms. The van der Waals surface area contributed by atoms with Crippen molar-refractivity contribution in [2.75, 3.05) is 19.7 Å². The van der Waals surface area contributed by atoms with Crippen LogP contribution >= 0.6 is 0 Å². The molecule has 0 aliphatic carbocycles. The average Bonchev–Trinajstić information content (AvgIpc) is 2.16. The van der Waals surface area contributed by atoms with Gasteiger partial charge in [-0.3, -0.25) is 0 Å². The molecule has 0 aromatic carbocycles. The number of rotatable bonds is 1. The Bertz CT molecular complexity index is 265. The fourth-order valence-electron chi connectivity index (χ4n) is 1.10. The van der Waals surface area contributed by atoms with Crippen LogP contribution in [-0.4, -0.2) is 43.5 Å². The Hall–Kier alpha value is -1.14. The summed E-state index contributed by atoms with van der Waals surface area (Å²) in [5.74, 6) is -2.02. The fraction of sp³-hybridized carbons (Fsp3) is 0.800. The van der Waals surface area contributed by atoms with E-state index in [2.05, 4.69) is 5.32 Å². The molecule has 0 amide bonds. The first-order valence-corrected chi connectivity index (χ1v) is 5.15. The highest BCUT2D eigenvalue weighted by Gasteiger charge is 2.27. The lowest BCUT2D eigenvalue weighted by Gasteiger charge is -2.24. The Morgan fingerprint density at radius 3 is 2.50 bits per heavy atom. The Labute approximate surface area is 94.2 Å². The number of carbonyl (C=O) groups is 2. The Kier molecular flexibility index (Phi) is 4.26. The quantitative estimate of drug-likeness (QED) is 0.498. The molecule has 1 saturated heterocycles. The summed E-state index contributed by atoms with van der Waals surface area (Å²) in [6.07, 6.45) is -0.714. The maximum atomic E-state index is 11.3. The van der Waals surface area contributed by atoms with Gasteiger partial charge in [0.1, 0.15) is 5.60 Å². The van der Waals surface area contributed by atoms with Crippen molar-refractivity contribution in [3.63, 3.8) is 0 Å². The highest BCUT2D eigenvalue weighted by molar-refractivity contribution is 6.29. The molecule has 1 aliphatic rings. The maximum absolute atomic E-state index is 11.3. The second kappa shape index (κ2) is 5.27. The minimum absolute atomic E-state index is 0.383. The number of carbonyl (C=O) groups excluding carboxylic acids is 2. The van der Waals surface area contributed by atoms with Gasteiger partial charge in [0, 0.05) is 6.54 Å². The van der Waals surface area contributed by atoms with E-state index in [1.54, 1.807) is 20.8 Å². The molecule has 0 aromatic rings. The fourth-order valence-corrected chi connectivity index (χ4v) is 1.10. The van der Waals surface area contributed by atoms with Crippen molar-refractivity contribution >= 4 is 11.9 Å². The summed E-state index contributed by atoms with van der Waals surface area (Å²) in [5, 5.41) is 2.97. The number of hydrogen-bond donors (Lipinski definition) is 1. The average molecular weight is 231 g/mol. The van der Waals surface area contributed by atoms with Gasteiger partial charge in [-0.1, -0.05) is 0 Å². The molecular formula is C10H17NO5. The van der Waals surface area contributed by atoms with Crippen LogP contribution in [0.2, 0.25) is 0 Å². The predicted molar refractivity (Wildman–Crippen MR) is 54.5 cm³/mol. The van der Waals surface area contributed by atoms with Gasteiger partial charge in [0.25, 0.3) is 0 Å². The van der Waals surface area contributed by atoms with Gasteiger partial charge in [0.15, 0.2) is 0 Å². The minimum Gasteiger partial charge on any atom is -0.452 e. The van der Waals surface area contributed by atoms with E-state index in [0.29, 0.717) is 19.7 Å². The Morgan fingerprint density at radius 2 is 2.00 bits per heavy atom. The number of esters is 2. The molecule has 16 heavy (non-hydrogen) atoms. The van der Waals surface area contributed by atoms with Crippen LogP contribution in [0.4, 0.5) is 0 Å². The summed E-state index contributed by atoms with van der Waals surface area (Å²) in [7, 11) is 0. The number of morpholine rings is 1. The zero-order chi connectivity index (χ0) is 12.2. The first-order chi connectivity index (χ1) is 7.38. The number of nitrogens with one attached hydrogen (secondary N) is 1. The topological polar surface area (TPSA) is 73.9 Å². The van der Waals surface area contributed by atoms with Crippen molar-refractivity contribution in [1.82, 2.24) is 5.32 Å². The zero-order valence-corrected chi connectivity index (χ0v) is 9.74. The zero-order valence-electron chi connectivity index (χ0n) is 9.74. The molecule has 1 heterocycles. The van der Waals surface area contributed by atoms with Crippen LogP contribution < -0.4 is 5.32 Å². The van der Waals surface area contributed by atoms with Gasteiger partial charge in [-0.15, -0.1) is 0 Å². The monoisotopic (exact) mass is 231 g/mol. The third kappa shape index (κ3) is 4.59. The molecule has 1 aliphatic heterocycles. The molecule has 6 heteroatoms. The second-order valence-electron chi connectivity index (χ2n) is 4.41. The SMILES string of the molecule is CC(C)(C)OC(=O)C(=O)O[C@H]1CNCCO1. The molecule has 1 atom stereocenters. The number of hydrogen-bond acceptors (Lipinski definition) is 6. The third-order valence-electron chi connectivity index (χ3n) is 1.70. The number of ether oxygens (including phenoxy) is 3. The van der Waals surface area contributed by atoms with Crippen LogP contribution in [0, 0.1) is 0 Å². The summed E-state index contributed by atoms with van der Waals surface area (Å²) < 4.78 is 14.8. The van der Waals surface area contributed by atoms with Crippen molar-refractivity contribution in [1.29, 1.82) is 0 Å². The van der Waals surface area contributed by atoms with Gasteiger partial charge in [0.2, 0.25) is 6.29 Å². The largest absolute Gasteiger partial charge is 0.452 e. The van der Waals surface area contributed by atoms with Crippen LogP contribution in [0.5, 0.6) is 0 Å². The molecule has 0 saturated carbocycles. The molecular weight excluding hydrogens is 214 g/mol. The molecule has 1 fully saturated rings. The normalized spacial score (nSPS) is 21.3. The summed E-state index contributed by atoms with van der Waals surface area (Å²) in [4.78, 5) is 22.5. The van der Waals surface area contributed by atoms with Crippen LogP contribution in [-0.2, 0) is 23.8 Å². The van der Waals surface area contributed by atoms with Gasteiger partial charge in [-0.05, 0) is 20.8 Å². The molecule has 0 unspecified atom stereocenters. The van der Waals surface area contributed by atoms with E-state index < -0.39 is 23.8 Å². The van der Waals surface area contributed by atoms with Crippen LogP contribution in [0.25, 0.3) is 0 Å². The molecule has 0 spiro atoms. The van der Waals surface area contributed by atoms with E-state index in [0.717, 1.165) is 0 Å². The first kappa shape index (κ1) is 12.9. The van der Waals surface area contributed by atoms with E-state index in [1.807, 2.05) is 0 Å². The van der Waals surface area contributed by atoms with Crippen molar-refractivity contribution in [2.24, 2.45) is 0 Å². The Morgan fingerprint density at radius 1 is 1.31 bits per heavy atom. The maximum Gasteiger partial charge on any atom is 0.419 e. The highest BCUT2D eigenvalue weighted by Crippen LogP contribution is 2.08. The van der Waals surface area contributed by atoms with Crippen molar-refractivity contribution < 1.29 is 23.8 Å². The second-order valence-corrected chi connectivity index (χ2v) is 4.41. The smallest absolute Gasteiger partial charge is 0.419 e. The van der Waals surface area contributed by atoms with Gasteiger partial charge < -0.3 is 19.5 Å². The summed E-state index contributed by atoms with van der Waals surface area (Å²) in [6.45, 7) is 6.58. The lowest BCUT2D eigenvalue weighted by atomic mass is 10.2. The molecule has 1 N–H and O–H groups in total. The lowest BCUT2D eigenvalue weighted by Crippen LogP contribution is -2.42. The molecule has 1 rings (SSSR count). The third-order valence-corrected chi connectivity index (χ3v) is 1.70. The first-order valence-electron chi connectivity index (χ1n) is 5.15. The van der Waals surface area contributed by atoms with Crippen LogP contribution in [0.15, 0.2) is 0 Å². The highest BCUT2D eigenvalue weighted by atomic mass is 16.7. The summed E-state index contributed by atoms with van der Waals surface area (Å²) in [6, 6.07) is 0. The minimum atomic E-state index is -1.02. The van der Waals surface area contributed by atoms with Crippen LogP contribution in [0.1, 0.15) is 20.8 Å². The molecule has 92 valence electrons. The van der Waals surface area contributed by atoms with E-state index >= 15 is 0 Å². The molecule has 6 nitrogen and oxygen atoms in total. The predicted octanol–water partition coefficient (Wildman–Crippen LogP) is -0.183. The van der Waals surface area contributed by atoms with Crippen LogP contribution in [0.3, 0.4) is 0 Å². The van der Waals surface area contributed by atoms with E-state index in [-0.39, 0.29) is 0 Å². The standard InChI is InChI=1S/C10H17NO5/c1-10(2,3)16-9(13)8(12)15-7-6-11-4-5-14-7/h7,11H,4-6H2,1-3H3/t7-/m0/s1. The lowest BCUT2D eigenvalue weighted by molar-refractivity contribution is -0.196. The van der Waals surface area contributed by atoms with Gasteiger partial charge in [-0.25, -0.2) is 9.59 Å². The van der Waals surface area contributed by atoms with E-state index in [4.69, 9.17) is 14.2 Å². The van der Waals surface area contributed by atoms with Crippen molar-refractivity contribution in [3.8, 4) is 0 Å². The van der Waals surface area contributed by atoms with Crippen molar-refractivity contribution in [2.45, 2.75) is 32.7 Å². The van der Waals surface area contributed by atoms with Gasteiger partial charge in [-0.2, -0.15) is 0 Å². The summed E-state index contributed by atoms with van der Waals surface area (Å²) >= 11 is 0. The molecule has 0 radical (unpaired) electrons. The molecule has 0 aromatic heterocycles. The van der Waals surface area contributed by atoms with Gasteiger partial charge >= 0.3 is 11.9 Å². The summed E-state index contributed by atoms with van der Waals surface area (Å²) in [5.41, 5.74) is -0.707. The van der Waals surface area contributed by atoms with E-state index in [1.165, 1.54) is 0 Å². The van der Waals surface area contributed by atoms with Gasteiger partial charge in [0.05, 0.1) is 13.2 Å².